The molecule has 0 saturated heterocycles. The van der Waals surface area contributed by atoms with Crippen LogP contribution in [0.2, 0.25) is 0 Å². The van der Waals surface area contributed by atoms with E-state index < -0.39 is 6.09 Å². The van der Waals surface area contributed by atoms with Crippen molar-refractivity contribution in [2.75, 3.05) is 13.7 Å². The molecule has 0 aromatic carbocycles. The fraction of sp³-hybridized carbons (Fsp3) is 0.600. The van der Waals surface area contributed by atoms with Crippen LogP contribution >= 0.6 is 0 Å². The van der Waals surface area contributed by atoms with Gasteiger partial charge in [-0.3, -0.25) is 0 Å². The molecule has 0 aliphatic heterocycles. The van der Waals surface area contributed by atoms with Crippen LogP contribution in [0.15, 0.2) is 0 Å². The Morgan fingerprint density at radius 1 is 1.60 bits per heavy atom. The zero-order valence-corrected chi connectivity index (χ0v) is 6.14. The van der Waals surface area contributed by atoms with Crippen LogP contribution < -0.4 is 5.32 Å². The van der Waals surface area contributed by atoms with Crippen LogP contribution in [0.3, 0.4) is 0 Å². The number of methoxy groups -OCH3 is 1. The molecule has 0 aliphatic rings. The number of ether oxygens (including phenoxy) is 1. The molecule has 1 N–H and O–H groups in total. The molecule has 0 atom stereocenters. The third-order valence-electron chi connectivity index (χ3n) is 0.932. The van der Waals surface area contributed by atoms with Gasteiger partial charge in [-0.15, -0.1) is 0 Å². The molecular formula is C5H10BNO3. The molecule has 0 aromatic rings. The van der Waals surface area contributed by atoms with Crippen LogP contribution in [-0.2, 0) is 9.53 Å². The summed E-state index contributed by atoms with van der Waals surface area (Å²) in [5.74, 6) is 0. The fourth-order valence-electron chi connectivity index (χ4n) is 0.413. The van der Waals surface area contributed by atoms with Crippen LogP contribution in [0.5, 0.6) is 0 Å². The molecule has 0 heterocycles. The van der Waals surface area contributed by atoms with E-state index in [-0.39, 0.29) is 5.68 Å². The van der Waals surface area contributed by atoms with Crippen molar-refractivity contribution in [1.29, 1.82) is 0 Å². The maximum absolute atomic E-state index is 10.3. The standard InChI is InChI=1S/C5H10BNO3/c1-10-5(9)7-3-2-4(6)8/h2-3,6H2,1H3,(H,7,9). The predicted octanol–water partition coefficient (Wildman–Crippen LogP) is -1.11. The molecule has 0 aliphatic carbocycles. The molecule has 5 heteroatoms. The summed E-state index contributed by atoms with van der Waals surface area (Å²) < 4.78 is 4.27. The van der Waals surface area contributed by atoms with Crippen LogP contribution in [-0.4, -0.2) is 33.3 Å². The second kappa shape index (κ2) is 4.84. The highest BCUT2D eigenvalue weighted by molar-refractivity contribution is 6.57. The van der Waals surface area contributed by atoms with Crippen molar-refractivity contribution in [2.45, 2.75) is 6.42 Å². The topological polar surface area (TPSA) is 55.4 Å². The molecule has 0 bridgehead atoms. The van der Waals surface area contributed by atoms with Gasteiger partial charge in [0.2, 0.25) is 0 Å². The quantitative estimate of drug-likeness (QED) is 0.509. The van der Waals surface area contributed by atoms with Crippen molar-refractivity contribution in [3.63, 3.8) is 0 Å². The van der Waals surface area contributed by atoms with E-state index in [4.69, 9.17) is 0 Å². The van der Waals surface area contributed by atoms with Gasteiger partial charge < -0.3 is 14.8 Å². The molecule has 56 valence electrons. The van der Waals surface area contributed by atoms with Crippen molar-refractivity contribution in [3.8, 4) is 0 Å². The Hall–Kier alpha value is -0.995. The molecular weight excluding hydrogens is 133 g/mol. The number of nitrogens with one attached hydrogen (secondary N) is 1. The number of carbonyl (C=O) groups excluding carboxylic acids is 2. The van der Waals surface area contributed by atoms with Gasteiger partial charge >= 0.3 is 6.09 Å². The summed E-state index contributed by atoms with van der Waals surface area (Å²) in [5.41, 5.74) is 0.0522. The smallest absolute Gasteiger partial charge is 0.406 e. The van der Waals surface area contributed by atoms with Gasteiger partial charge in [0.15, 0.2) is 7.85 Å². The SMILES string of the molecule is BC(=O)CCNC(=O)OC. The fourth-order valence-corrected chi connectivity index (χ4v) is 0.413. The lowest BCUT2D eigenvalue weighted by molar-refractivity contribution is -0.111. The Kier molecular flexibility index (Phi) is 4.36. The lowest BCUT2D eigenvalue weighted by Crippen LogP contribution is -2.25. The summed E-state index contributed by atoms with van der Waals surface area (Å²) in [7, 11) is 2.75. The summed E-state index contributed by atoms with van der Waals surface area (Å²) in [5, 5.41) is 2.38. The molecule has 4 nitrogen and oxygen atoms in total. The first-order chi connectivity index (χ1) is 4.66. The molecule has 0 fully saturated rings. The van der Waals surface area contributed by atoms with E-state index in [1.54, 1.807) is 0 Å². The van der Waals surface area contributed by atoms with Gasteiger partial charge in [-0.2, -0.15) is 0 Å². The number of carbonyl (C=O) groups is 2. The summed E-state index contributed by atoms with van der Waals surface area (Å²) in [4.78, 5) is 20.7. The normalized spacial score (nSPS) is 8.50. The highest BCUT2D eigenvalue weighted by atomic mass is 16.5. The number of amides is 1. The molecule has 0 rings (SSSR count). The average molecular weight is 143 g/mol. The zero-order valence-electron chi connectivity index (χ0n) is 6.14. The van der Waals surface area contributed by atoms with Gasteiger partial charge in [0.25, 0.3) is 0 Å². The van der Waals surface area contributed by atoms with E-state index >= 15 is 0 Å². The summed E-state index contributed by atoms with van der Waals surface area (Å²) in [6, 6.07) is 0. The monoisotopic (exact) mass is 143 g/mol. The van der Waals surface area contributed by atoms with Crippen molar-refractivity contribution >= 4 is 19.6 Å². The number of rotatable bonds is 3. The van der Waals surface area contributed by atoms with Gasteiger partial charge in [-0.05, 0) is 0 Å². The lowest BCUT2D eigenvalue weighted by Gasteiger charge is -1.99. The van der Waals surface area contributed by atoms with Crippen LogP contribution in [0.25, 0.3) is 0 Å². The van der Waals surface area contributed by atoms with E-state index in [0.29, 0.717) is 13.0 Å². The van der Waals surface area contributed by atoms with E-state index in [1.165, 1.54) is 15.0 Å². The third kappa shape index (κ3) is 5.15. The molecule has 0 radical (unpaired) electrons. The highest BCUT2D eigenvalue weighted by Gasteiger charge is 1.97. The van der Waals surface area contributed by atoms with Crippen LogP contribution in [0.4, 0.5) is 4.79 Å². The van der Waals surface area contributed by atoms with Crippen LogP contribution in [0.1, 0.15) is 6.42 Å². The average Bonchev–Trinajstić information content (AvgIpc) is 1.87. The predicted molar refractivity (Wildman–Crippen MR) is 38.6 cm³/mol. The summed E-state index contributed by atoms with van der Waals surface area (Å²) in [6.45, 7) is 0.349. The van der Waals surface area contributed by atoms with E-state index in [9.17, 15) is 9.59 Å². The molecule has 10 heavy (non-hydrogen) atoms. The second-order valence-corrected chi connectivity index (χ2v) is 1.87. The number of hydrogen-bond donors (Lipinski definition) is 1. The maximum atomic E-state index is 10.3. The Bertz CT molecular complexity index is 137. The summed E-state index contributed by atoms with van der Waals surface area (Å²) >= 11 is 0. The van der Waals surface area contributed by atoms with Crippen molar-refractivity contribution in [2.24, 2.45) is 0 Å². The largest absolute Gasteiger partial charge is 0.453 e. The Morgan fingerprint density at radius 2 is 2.20 bits per heavy atom. The molecule has 0 unspecified atom stereocenters. The summed E-state index contributed by atoms with van der Waals surface area (Å²) in [6.07, 6.45) is -0.143. The van der Waals surface area contributed by atoms with Crippen molar-refractivity contribution < 1.29 is 14.3 Å². The molecule has 0 spiro atoms. The molecule has 0 aromatic heterocycles. The van der Waals surface area contributed by atoms with E-state index in [1.807, 2.05) is 0 Å². The number of hydrogen-bond acceptors (Lipinski definition) is 3. The minimum Gasteiger partial charge on any atom is -0.453 e. The van der Waals surface area contributed by atoms with Gasteiger partial charge in [0, 0.05) is 13.0 Å². The molecule has 0 saturated carbocycles. The Balaban J connectivity index is 3.20. The van der Waals surface area contributed by atoms with Crippen molar-refractivity contribution in [3.05, 3.63) is 0 Å². The lowest BCUT2D eigenvalue weighted by atomic mass is 10.00. The minimum atomic E-state index is -0.499. The first-order valence-corrected chi connectivity index (χ1v) is 2.98. The highest BCUT2D eigenvalue weighted by Crippen LogP contribution is 1.76. The van der Waals surface area contributed by atoms with Gasteiger partial charge in [0.05, 0.1) is 12.8 Å². The second-order valence-electron chi connectivity index (χ2n) is 1.87. The number of alkyl carbamates (subject to hydrolysis) is 1. The first-order valence-electron chi connectivity index (χ1n) is 2.98. The van der Waals surface area contributed by atoms with E-state index in [2.05, 4.69) is 10.1 Å². The third-order valence-corrected chi connectivity index (χ3v) is 0.932. The molecule has 1 amide bonds. The van der Waals surface area contributed by atoms with Gasteiger partial charge in [-0.25, -0.2) is 4.79 Å². The van der Waals surface area contributed by atoms with Gasteiger partial charge in [0.1, 0.15) is 0 Å². The van der Waals surface area contributed by atoms with Crippen LogP contribution in [0, 0.1) is 0 Å². The van der Waals surface area contributed by atoms with Gasteiger partial charge in [-0.1, -0.05) is 0 Å². The zero-order chi connectivity index (χ0) is 7.98. The first kappa shape index (κ1) is 9.00. The maximum Gasteiger partial charge on any atom is 0.406 e. The minimum absolute atomic E-state index is 0.0522. The Labute approximate surface area is 60.3 Å². The van der Waals surface area contributed by atoms with E-state index in [0.717, 1.165) is 0 Å². The van der Waals surface area contributed by atoms with Crippen molar-refractivity contribution in [1.82, 2.24) is 5.32 Å². The Morgan fingerprint density at radius 3 is 2.60 bits per heavy atom.